The lowest BCUT2D eigenvalue weighted by Crippen LogP contribution is -2.48. The highest BCUT2D eigenvalue weighted by Gasteiger charge is 2.35. The number of carbonyl (C=O) groups excluding carboxylic acids is 2. The van der Waals surface area contributed by atoms with Crippen molar-refractivity contribution in [2.24, 2.45) is 5.92 Å². The molecule has 0 N–H and O–H groups in total. The van der Waals surface area contributed by atoms with E-state index >= 15 is 0 Å². The van der Waals surface area contributed by atoms with Crippen molar-refractivity contribution < 1.29 is 9.59 Å². The molecule has 156 valence electrons. The smallest absolute Gasteiger partial charge is 0.243 e. The number of hydrogen-bond donors (Lipinski definition) is 0. The van der Waals surface area contributed by atoms with E-state index in [1.165, 1.54) is 21.6 Å². The van der Waals surface area contributed by atoms with Crippen molar-refractivity contribution in [2.75, 3.05) is 13.1 Å². The Hall–Kier alpha value is -2.14. The third kappa shape index (κ3) is 4.72. The second kappa shape index (κ2) is 9.12. The van der Waals surface area contributed by atoms with Gasteiger partial charge in [-0.2, -0.15) is 0 Å². The fourth-order valence-electron chi connectivity index (χ4n) is 4.08. The summed E-state index contributed by atoms with van der Waals surface area (Å²) in [5, 5.41) is 2.12. The van der Waals surface area contributed by atoms with Gasteiger partial charge >= 0.3 is 0 Å². The summed E-state index contributed by atoms with van der Waals surface area (Å²) in [6.45, 7) is 11.0. The number of rotatable bonds is 6. The maximum Gasteiger partial charge on any atom is 0.243 e. The number of amides is 2. The van der Waals surface area contributed by atoms with Crippen LogP contribution in [0.1, 0.15) is 61.7 Å². The van der Waals surface area contributed by atoms with E-state index in [0.717, 1.165) is 6.42 Å². The molecule has 0 saturated heterocycles. The van der Waals surface area contributed by atoms with E-state index in [4.69, 9.17) is 0 Å². The predicted molar refractivity (Wildman–Crippen MR) is 119 cm³/mol. The summed E-state index contributed by atoms with van der Waals surface area (Å²) in [4.78, 5) is 31.3. The highest BCUT2D eigenvalue weighted by atomic mass is 32.1. The molecule has 0 spiro atoms. The standard InChI is InChI=1S/C24H32N2O2S/c1-16(2)14-22(27)26(17(3)4)15-23(28)25-12-10-21-20(11-13-29-21)24(25)19-9-7-6-8-18(19)5/h6-9,11,13,16-17,24H,10,12,14-15H2,1-5H3/t24-/m1/s1. The van der Waals surface area contributed by atoms with Crippen LogP contribution in [0.15, 0.2) is 35.7 Å². The number of benzene rings is 1. The minimum atomic E-state index is -0.0760. The van der Waals surface area contributed by atoms with Crippen LogP contribution in [-0.2, 0) is 16.0 Å². The zero-order valence-electron chi connectivity index (χ0n) is 18.1. The highest BCUT2D eigenvalue weighted by Crippen LogP contribution is 2.39. The van der Waals surface area contributed by atoms with Gasteiger partial charge in [-0.1, -0.05) is 38.1 Å². The zero-order chi connectivity index (χ0) is 21.1. The second-order valence-corrected chi connectivity index (χ2v) is 9.61. The van der Waals surface area contributed by atoms with Crippen LogP contribution >= 0.6 is 11.3 Å². The van der Waals surface area contributed by atoms with E-state index in [0.29, 0.717) is 13.0 Å². The van der Waals surface area contributed by atoms with E-state index in [2.05, 4.69) is 30.5 Å². The first-order chi connectivity index (χ1) is 13.8. The van der Waals surface area contributed by atoms with Crippen LogP contribution in [0.4, 0.5) is 0 Å². The molecule has 4 nitrogen and oxygen atoms in total. The molecule has 2 heterocycles. The monoisotopic (exact) mass is 412 g/mol. The van der Waals surface area contributed by atoms with Crippen LogP contribution in [0.25, 0.3) is 0 Å². The van der Waals surface area contributed by atoms with Crippen LogP contribution in [-0.4, -0.2) is 40.7 Å². The number of hydrogen-bond acceptors (Lipinski definition) is 3. The van der Waals surface area contributed by atoms with Gasteiger partial charge in [-0.25, -0.2) is 0 Å². The van der Waals surface area contributed by atoms with Gasteiger partial charge < -0.3 is 9.80 Å². The molecule has 0 saturated carbocycles. The SMILES string of the molecule is Cc1ccccc1[C@@H]1c2ccsc2CCN1C(=O)CN(C(=O)CC(C)C)C(C)C. The van der Waals surface area contributed by atoms with Gasteiger partial charge in [0, 0.05) is 23.9 Å². The Labute approximate surface area is 178 Å². The Bertz CT molecular complexity index is 871. The van der Waals surface area contributed by atoms with E-state index in [1.807, 2.05) is 44.7 Å². The van der Waals surface area contributed by atoms with Crippen LogP contribution in [0, 0.1) is 12.8 Å². The molecule has 0 unspecified atom stereocenters. The third-order valence-corrected chi connectivity index (χ3v) is 6.60. The minimum Gasteiger partial charge on any atom is -0.331 e. The summed E-state index contributed by atoms with van der Waals surface area (Å²) in [7, 11) is 0. The lowest BCUT2D eigenvalue weighted by atomic mass is 9.90. The fraction of sp³-hybridized carbons (Fsp3) is 0.500. The van der Waals surface area contributed by atoms with Crippen molar-refractivity contribution in [3.05, 3.63) is 57.3 Å². The Kier molecular flexibility index (Phi) is 6.78. The van der Waals surface area contributed by atoms with Crippen molar-refractivity contribution in [1.82, 2.24) is 9.80 Å². The zero-order valence-corrected chi connectivity index (χ0v) is 19.0. The topological polar surface area (TPSA) is 40.6 Å². The van der Waals surface area contributed by atoms with Crippen molar-refractivity contribution in [3.8, 4) is 0 Å². The molecule has 29 heavy (non-hydrogen) atoms. The lowest BCUT2D eigenvalue weighted by molar-refractivity contribution is -0.143. The Morgan fingerprint density at radius 3 is 2.52 bits per heavy atom. The molecular weight excluding hydrogens is 380 g/mol. The fourth-order valence-corrected chi connectivity index (χ4v) is 4.98. The predicted octanol–water partition coefficient (Wildman–Crippen LogP) is 4.81. The molecule has 0 radical (unpaired) electrons. The summed E-state index contributed by atoms with van der Waals surface area (Å²) < 4.78 is 0. The summed E-state index contributed by atoms with van der Waals surface area (Å²) >= 11 is 1.77. The van der Waals surface area contributed by atoms with Gasteiger partial charge in [0.15, 0.2) is 0 Å². The van der Waals surface area contributed by atoms with Crippen molar-refractivity contribution in [1.29, 1.82) is 0 Å². The number of fused-ring (bicyclic) bond motifs is 1. The largest absolute Gasteiger partial charge is 0.331 e. The molecule has 5 heteroatoms. The van der Waals surface area contributed by atoms with Gasteiger partial charge in [0.25, 0.3) is 0 Å². The number of aryl methyl sites for hydroxylation is 1. The molecule has 1 aromatic heterocycles. The average Bonchev–Trinajstić information content (AvgIpc) is 3.13. The molecule has 1 aliphatic heterocycles. The molecule has 3 rings (SSSR count). The van der Waals surface area contributed by atoms with E-state index in [9.17, 15) is 9.59 Å². The normalized spacial score (nSPS) is 16.2. The minimum absolute atomic E-state index is 0.00334. The number of nitrogens with zero attached hydrogens (tertiary/aromatic N) is 2. The quantitative estimate of drug-likeness (QED) is 0.683. The van der Waals surface area contributed by atoms with Crippen molar-refractivity contribution in [2.45, 2.75) is 59.5 Å². The van der Waals surface area contributed by atoms with Crippen molar-refractivity contribution >= 4 is 23.2 Å². The first kappa shape index (κ1) is 21.6. The van der Waals surface area contributed by atoms with Gasteiger partial charge in [0.1, 0.15) is 6.54 Å². The Morgan fingerprint density at radius 2 is 1.86 bits per heavy atom. The van der Waals surface area contributed by atoms with E-state index < -0.39 is 0 Å². The summed E-state index contributed by atoms with van der Waals surface area (Å²) in [6, 6.07) is 10.4. The highest BCUT2D eigenvalue weighted by molar-refractivity contribution is 7.10. The van der Waals surface area contributed by atoms with Gasteiger partial charge in [-0.3, -0.25) is 9.59 Å². The second-order valence-electron chi connectivity index (χ2n) is 8.61. The van der Waals surface area contributed by atoms with Crippen LogP contribution in [0.5, 0.6) is 0 Å². The molecule has 1 aromatic carbocycles. The molecule has 2 amide bonds. The van der Waals surface area contributed by atoms with Gasteiger partial charge in [-0.15, -0.1) is 11.3 Å². The summed E-state index contributed by atoms with van der Waals surface area (Å²) in [5.41, 5.74) is 3.59. The molecule has 1 atom stereocenters. The van der Waals surface area contributed by atoms with E-state index in [1.54, 1.807) is 16.2 Å². The molecule has 0 fully saturated rings. The molecule has 0 aliphatic carbocycles. The number of thiophene rings is 1. The van der Waals surface area contributed by atoms with E-state index in [-0.39, 0.29) is 36.4 Å². The Morgan fingerprint density at radius 1 is 1.14 bits per heavy atom. The van der Waals surface area contributed by atoms with Gasteiger partial charge in [0.2, 0.25) is 11.8 Å². The number of carbonyl (C=O) groups is 2. The van der Waals surface area contributed by atoms with Gasteiger partial charge in [0.05, 0.1) is 6.04 Å². The molecule has 2 aromatic rings. The van der Waals surface area contributed by atoms with Crippen LogP contribution in [0.2, 0.25) is 0 Å². The Balaban J connectivity index is 1.90. The maximum absolute atomic E-state index is 13.5. The molecule has 1 aliphatic rings. The average molecular weight is 413 g/mol. The third-order valence-electron chi connectivity index (χ3n) is 5.60. The van der Waals surface area contributed by atoms with Crippen molar-refractivity contribution in [3.63, 3.8) is 0 Å². The summed E-state index contributed by atoms with van der Waals surface area (Å²) in [5.74, 6) is 0.367. The van der Waals surface area contributed by atoms with Crippen LogP contribution in [0.3, 0.4) is 0 Å². The lowest BCUT2D eigenvalue weighted by Gasteiger charge is -2.39. The summed E-state index contributed by atoms with van der Waals surface area (Å²) in [6.07, 6.45) is 1.35. The first-order valence-corrected chi connectivity index (χ1v) is 11.4. The molecule has 0 bridgehead atoms. The van der Waals surface area contributed by atoms with Gasteiger partial charge in [-0.05, 0) is 61.2 Å². The van der Waals surface area contributed by atoms with Crippen LogP contribution < -0.4 is 0 Å². The maximum atomic E-state index is 13.5. The first-order valence-electron chi connectivity index (χ1n) is 10.5. The molecular formula is C24H32N2O2S.